The number of rotatable bonds is 7. The summed E-state index contributed by atoms with van der Waals surface area (Å²) in [6, 6.07) is 15.5. The summed E-state index contributed by atoms with van der Waals surface area (Å²) in [6.07, 6.45) is 1.97. The van der Waals surface area contributed by atoms with Crippen molar-refractivity contribution < 1.29 is 23.1 Å². The van der Waals surface area contributed by atoms with Gasteiger partial charge in [0, 0.05) is 25.1 Å². The van der Waals surface area contributed by atoms with E-state index in [1.165, 1.54) is 23.6 Å². The summed E-state index contributed by atoms with van der Waals surface area (Å²) in [4.78, 5) is 31.5. The zero-order valence-electron chi connectivity index (χ0n) is 22.1. The van der Waals surface area contributed by atoms with Crippen molar-refractivity contribution >= 4 is 16.8 Å². The van der Waals surface area contributed by atoms with Crippen LogP contribution in [-0.2, 0) is 25.2 Å². The van der Waals surface area contributed by atoms with Crippen LogP contribution in [0, 0.1) is 12.7 Å². The number of halogens is 1. The molecule has 5 aromatic rings. The van der Waals surface area contributed by atoms with Crippen LogP contribution in [0.4, 0.5) is 4.39 Å². The van der Waals surface area contributed by atoms with E-state index < -0.39 is 16.9 Å². The molecule has 0 N–H and O–H groups in total. The molecule has 0 radical (unpaired) electrons. The maximum absolute atomic E-state index is 14.0. The number of nitrogens with zero attached hydrogens (tertiary/aromatic N) is 4. The van der Waals surface area contributed by atoms with Crippen molar-refractivity contribution in [1.29, 1.82) is 0 Å². The number of hydrogen-bond acceptors (Lipinski definition) is 8. The van der Waals surface area contributed by atoms with E-state index in [0.717, 1.165) is 11.1 Å². The first-order valence-corrected chi connectivity index (χ1v) is 12.7. The van der Waals surface area contributed by atoms with Gasteiger partial charge in [-0.15, -0.1) is 10.2 Å². The van der Waals surface area contributed by atoms with Crippen LogP contribution in [0.25, 0.3) is 11.0 Å². The maximum Gasteiger partial charge on any atom is 0.266 e. The molecule has 6 rings (SSSR count). The monoisotopic (exact) mass is 540 g/mol. The molecule has 1 aliphatic rings. The molecule has 10 heteroatoms. The lowest BCUT2D eigenvalue weighted by Gasteiger charge is -2.35. The van der Waals surface area contributed by atoms with Gasteiger partial charge in [-0.1, -0.05) is 42.5 Å². The minimum atomic E-state index is -1.22. The van der Waals surface area contributed by atoms with E-state index in [2.05, 4.69) is 15.2 Å². The van der Waals surface area contributed by atoms with E-state index in [1.807, 2.05) is 30.3 Å². The number of Topliss-reactive ketones (excluding diaryl/α,β-unsaturated/α-hetero) is 1. The molecule has 3 aromatic heterocycles. The number of hydrogen-bond donors (Lipinski definition) is 0. The van der Waals surface area contributed by atoms with Gasteiger partial charge in [0.2, 0.25) is 11.5 Å². The summed E-state index contributed by atoms with van der Waals surface area (Å²) >= 11 is 0. The van der Waals surface area contributed by atoms with Gasteiger partial charge in [0.25, 0.3) is 11.4 Å². The van der Waals surface area contributed by atoms with Crippen molar-refractivity contribution in [2.45, 2.75) is 45.9 Å². The van der Waals surface area contributed by atoms with E-state index in [4.69, 9.17) is 13.9 Å². The Morgan fingerprint density at radius 2 is 1.85 bits per heavy atom. The van der Waals surface area contributed by atoms with Gasteiger partial charge in [0.05, 0.1) is 6.54 Å². The number of carbonyl (C=O) groups excluding carboxylic acids is 1. The third-order valence-corrected chi connectivity index (χ3v) is 6.90. The Labute approximate surface area is 228 Å². The Hall–Kier alpha value is -4.86. The first kappa shape index (κ1) is 25.4. The highest BCUT2D eigenvalue weighted by molar-refractivity contribution is 6.02. The Kier molecular flexibility index (Phi) is 6.17. The zero-order valence-corrected chi connectivity index (χ0v) is 22.1. The Morgan fingerprint density at radius 3 is 2.52 bits per heavy atom. The normalized spacial score (nSPS) is 16.1. The van der Waals surface area contributed by atoms with Crippen LogP contribution >= 0.6 is 0 Å². The lowest BCUT2D eigenvalue weighted by atomic mass is 9.99. The van der Waals surface area contributed by atoms with Crippen LogP contribution in [0.2, 0.25) is 0 Å². The molecule has 0 saturated carbocycles. The molecule has 40 heavy (non-hydrogen) atoms. The molecule has 9 nitrogen and oxygen atoms in total. The highest BCUT2D eigenvalue weighted by Crippen LogP contribution is 2.43. The summed E-state index contributed by atoms with van der Waals surface area (Å²) in [6.45, 7) is 4.87. The third kappa shape index (κ3) is 4.41. The summed E-state index contributed by atoms with van der Waals surface area (Å²) in [7, 11) is 0. The molecule has 0 spiro atoms. The van der Waals surface area contributed by atoms with Crippen molar-refractivity contribution in [3.63, 3.8) is 0 Å². The van der Waals surface area contributed by atoms with Crippen LogP contribution in [0.1, 0.15) is 52.7 Å². The molecule has 1 aliphatic heterocycles. The largest absolute Gasteiger partial charge is 0.486 e. The fraction of sp³-hybridized carbons (Fsp3) is 0.233. The van der Waals surface area contributed by atoms with Crippen LogP contribution in [-0.4, -0.2) is 25.5 Å². The molecule has 202 valence electrons. The second kappa shape index (κ2) is 9.71. The Morgan fingerprint density at radius 1 is 1.10 bits per heavy atom. The molecular formula is C30H25FN4O5. The second-order valence-electron chi connectivity index (χ2n) is 10.00. The van der Waals surface area contributed by atoms with Gasteiger partial charge in [-0.2, -0.15) is 0 Å². The van der Waals surface area contributed by atoms with E-state index in [0.29, 0.717) is 34.7 Å². The number of ether oxygens (including phenoxy) is 2. The van der Waals surface area contributed by atoms with Crippen molar-refractivity contribution in [3.8, 4) is 11.5 Å². The molecular weight excluding hydrogens is 515 g/mol. The minimum absolute atomic E-state index is 0.00209. The summed E-state index contributed by atoms with van der Waals surface area (Å²) in [5, 5.41) is 8.10. The van der Waals surface area contributed by atoms with E-state index in [1.54, 1.807) is 32.2 Å². The summed E-state index contributed by atoms with van der Waals surface area (Å²) in [5.74, 6) is 0.216. The van der Waals surface area contributed by atoms with Gasteiger partial charge in [0.1, 0.15) is 29.0 Å². The number of aromatic nitrogens is 4. The molecule has 0 unspecified atom stereocenters. The lowest BCUT2D eigenvalue weighted by Crippen LogP contribution is -2.43. The van der Waals surface area contributed by atoms with Gasteiger partial charge < -0.3 is 13.9 Å². The van der Waals surface area contributed by atoms with Crippen molar-refractivity contribution in [2.75, 3.05) is 0 Å². The summed E-state index contributed by atoms with van der Waals surface area (Å²) < 4.78 is 33.5. The van der Waals surface area contributed by atoms with Crippen LogP contribution in [0.15, 0.2) is 70.0 Å². The topological polar surface area (TPSA) is 109 Å². The fourth-order valence-electron chi connectivity index (χ4n) is 4.96. The quantitative estimate of drug-likeness (QED) is 0.268. The minimum Gasteiger partial charge on any atom is -0.486 e. The van der Waals surface area contributed by atoms with Crippen molar-refractivity contribution in [2.24, 2.45) is 0 Å². The molecule has 0 amide bonds. The standard InChI is InChI=1S/C30H25FN4O5/c1-17(36)23-27(38-15-20-7-5-4-6-8-20)24-25-26(21(14-32-24)13-19-9-11-22(31)12-10-19)40-30(3,16-35(25)28(23)37)29-34-33-18(2)39-29/h4-12,14H,13,15-16H2,1-3H3/t30-/m1/s1. The number of carbonyl (C=O) groups is 1. The summed E-state index contributed by atoms with van der Waals surface area (Å²) in [5.41, 5.74) is 1.20. The average Bonchev–Trinajstić information content (AvgIpc) is 3.39. The van der Waals surface area contributed by atoms with Gasteiger partial charge in [-0.3, -0.25) is 19.1 Å². The zero-order chi connectivity index (χ0) is 28.0. The number of pyridine rings is 2. The predicted octanol–water partition coefficient (Wildman–Crippen LogP) is 4.91. The molecule has 2 aromatic carbocycles. The Balaban J connectivity index is 1.57. The van der Waals surface area contributed by atoms with E-state index in [-0.39, 0.29) is 36.2 Å². The highest BCUT2D eigenvalue weighted by Gasteiger charge is 2.43. The molecule has 1 atom stereocenters. The first-order valence-electron chi connectivity index (χ1n) is 12.7. The predicted molar refractivity (Wildman–Crippen MR) is 143 cm³/mol. The van der Waals surface area contributed by atoms with Gasteiger partial charge in [-0.05, 0) is 37.1 Å². The highest BCUT2D eigenvalue weighted by atomic mass is 19.1. The molecule has 0 bridgehead atoms. The second-order valence-corrected chi connectivity index (χ2v) is 10.00. The van der Waals surface area contributed by atoms with Crippen LogP contribution < -0.4 is 15.0 Å². The average molecular weight is 541 g/mol. The number of benzene rings is 2. The van der Waals surface area contributed by atoms with Gasteiger partial charge >= 0.3 is 0 Å². The lowest BCUT2D eigenvalue weighted by molar-refractivity contribution is 0.0282. The number of aryl methyl sites for hydroxylation is 1. The van der Waals surface area contributed by atoms with E-state index >= 15 is 0 Å². The van der Waals surface area contributed by atoms with Crippen molar-refractivity contribution in [1.82, 2.24) is 19.7 Å². The van der Waals surface area contributed by atoms with E-state index in [9.17, 15) is 14.0 Å². The maximum atomic E-state index is 14.0. The molecule has 0 saturated heterocycles. The van der Waals surface area contributed by atoms with Crippen LogP contribution in [0.5, 0.6) is 11.5 Å². The molecule has 0 aliphatic carbocycles. The molecule has 4 heterocycles. The fourth-order valence-corrected chi connectivity index (χ4v) is 4.96. The van der Waals surface area contributed by atoms with Crippen molar-refractivity contribution in [3.05, 3.63) is 111 Å². The van der Waals surface area contributed by atoms with Gasteiger partial charge in [0.15, 0.2) is 17.3 Å². The SMILES string of the molecule is CC(=O)c1c(OCc2ccccc2)c2ncc(Cc3ccc(F)cc3)c3c2n(c1=O)C[C@](C)(c1nnc(C)o1)O3. The number of ketones is 1. The van der Waals surface area contributed by atoms with Crippen LogP contribution in [0.3, 0.4) is 0 Å². The Bertz CT molecular complexity index is 1810. The smallest absolute Gasteiger partial charge is 0.266 e. The first-order chi connectivity index (χ1) is 19.2. The molecule has 0 fully saturated rings. The van der Waals surface area contributed by atoms with Gasteiger partial charge in [-0.25, -0.2) is 4.39 Å². The third-order valence-electron chi connectivity index (χ3n) is 6.90.